The van der Waals surface area contributed by atoms with Gasteiger partial charge >= 0.3 is 5.97 Å². The van der Waals surface area contributed by atoms with Gasteiger partial charge < -0.3 is 16.2 Å². The van der Waals surface area contributed by atoms with Gasteiger partial charge in [-0.25, -0.2) is 4.79 Å². The van der Waals surface area contributed by atoms with Crippen LogP contribution in [-0.4, -0.2) is 16.1 Å². The van der Waals surface area contributed by atoms with Crippen molar-refractivity contribution in [2.45, 2.75) is 6.54 Å². The predicted octanol–water partition coefficient (Wildman–Crippen LogP) is 4.28. The van der Waals surface area contributed by atoms with Crippen LogP contribution in [-0.2, 0) is 6.54 Å². The zero-order valence-corrected chi connectivity index (χ0v) is 13.9. The molecule has 0 aliphatic heterocycles. The number of hydrogen-bond acceptors (Lipinski definition) is 4. The molecule has 0 amide bonds. The summed E-state index contributed by atoms with van der Waals surface area (Å²) in [5, 5.41) is 15.8. The van der Waals surface area contributed by atoms with E-state index in [1.807, 2.05) is 30.3 Å². The van der Waals surface area contributed by atoms with E-state index in [1.165, 1.54) is 6.20 Å². The van der Waals surface area contributed by atoms with E-state index >= 15 is 0 Å². The summed E-state index contributed by atoms with van der Waals surface area (Å²) in [4.78, 5) is 15.9. The van der Waals surface area contributed by atoms with E-state index < -0.39 is 5.97 Å². The van der Waals surface area contributed by atoms with Gasteiger partial charge in [0.05, 0.1) is 16.9 Å². The second-order valence-electron chi connectivity index (χ2n) is 6.09. The minimum Gasteiger partial charge on any atom is -0.478 e. The zero-order valence-electron chi connectivity index (χ0n) is 13.9. The lowest BCUT2D eigenvalue weighted by Crippen LogP contribution is -2.08. The van der Waals surface area contributed by atoms with Crippen LogP contribution in [0.5, 0.6) is 0 Å². The Morgan fingerprint density at radius 3 is 2.58 bits per heavy atom. The minimum absolute atomic E-state index is 0.128. The molecule has 1 aromatic heterocycles. The van der Waals surface area contributed by atoms with Crippen molar-refractivity contribution in [1.29, 1.82) is 0 Å². The molecule has 3 aromatic carbocycles. The fraction of sp³-hybridized carbons (Fsp3) is 0.0476. The molecule has 0 bridgehead atoms. The molecule has 0 unspecified atom stereocenters. The first kappa shape index (κ1) is 15.9. The normalized spacial score (nSPS) is 10.9. The average Bonchev–Trinajstić information content (AvgIpc) is 2.66. The van der Waals surface area contributed by atoms with Crippen LogP contribution < -0.4 is 11.1 Å². The fourth-order valence-corrected chi connectivity index (χ4v) is 3.23. The first-order chi connectivity index (χ1) is 12.6. The van der Waals surface area contributed by atoms with Crippen LogP contribution in [0.3, 0.4) is 0 Å². The molecule has 0 spiro atoms. The molecular weight excluding hydrogens is 326 g/mol. The Morgan fingerprint density at radius 1 is 1.00 bits per heavy atom. The molecule has 0 fully saturated rings. The number of pyridine rings is 1. The molecule has 0 aliphatic carbocycles. The Bertz CT molecular complexity index is 1130. The first-order valence-corrected chi connectivity index (χ1v) is 8.26. The molecule has 0 aliphatic rings. The molecule has 5 nitrogen and oxygen atoms in total. The highest BCUT2D eigenvalue weighted by atomic mass is 16.4. The van der Waals surface area contributed by atoms with Gasteiger partial charge in [0.15, 0.2) is 0 Å². The molecule has 0 saturated carbocycles. The van der Waals surface area contributed by atoms with Gasteiger partial charge in [0.2, 0.25) is 0 Å². The van der Waals surface area contributed by atoms with Gasteiger partial charge in [-0.15, -0.1) is 0 Å². The maximum absolute atomic E-state index is 11.7. The van der Waals surface area contributed by atoms with Crippen LogP contribution in [0.15, 0.2) is 66.9 Å². The van der Waals surface area contributed by atoms with Crippen molar-refractivity contribution in [3.05, 3.63) is 78.0 Å². The predicted molar refractivity (Wildman–Crippen MR) is 104 cm³/mol. The molecule has 26 heavy (non-hydrogen) atoms. The standard InChI is InChI=1S/C21H17N3O2/c22-18-10-4-9-16-19(17(21(25)26)12-24-20(16)18)23-11-14-7-3-6-13-5-1-2-8-15(13)14/h1-10,12H,11,22H2,(H,23,24)(H,25,26). The SMILES string of the molecule is Nc1cccc2c(NCc3cccc4ccccc34)c(C(=O)O)cnc12. The minimum atomic E-state index is -1.03. The molecule has 0 radical (unpaired) electrons. The molecule has 4 N–H and O–H groups in total. The van der Waals surface area contributed by atoms with Crippen molar-refractivity contribution in [3.63, 3.8) is 0 Å². The largest absolute Gasteiger partial charge is 0.478 e. The number of rotatable bonds is 4. The summed E-state index contributed by atoms with van der Waals surface area (Å²) in [7, 11) is 0. The van der Waals surface area contributed by atoms with Crippen molar-refractivity contribution in [2.24, 2.45) is 0 Å². The van der Waals surface area contributed by atoms with Gasteiger partial charge in [-0.05, 0) is 22.4 Å². The quantitative estimate of drug-likeness (QED) is 0.481. The summed E-state index contributed by atoms with van der Waals surface area (Å²) in [5.41, 5.74) is 8.86. The highest BCUT2D eigenvalue weighted by Gasteiger charge is 2.15. The molecule has 0 atom stereocenters. The fourth-order valence-electron chi connectivity index (χ4n) is 3.23. The Kier molecular flexibility index (Phi) is 3.89. The van der Waals surface area contributed by atoms with Crippen molar-refractivity contribution in [2.75, 3.05) is 11.1 Å². The van der Waals surface area contributed by atoms with E-state index in [4.69, 9.17) is 5.73 Å². The Morgan fingerprint density at radius 2 is 1.73 bits per heavy atom. The molecule has 4 rings (SSSR count). The van der Waals surface area contributed by atoms with Crippen LogP contribution in [0.2, 0.25) is 0 Å². The number of para-hydroxylation sites is 1. The van der Waals surface area contributed by atoms with E-state index in [0.717, 1.165) is 16.3 Å². The number of fused-ring (bicyclic) bond motifs is 2. The summed E-state index contributed by atoms with van der Waals surface area (Å²) >= 11 is 0. The summed E-state index contributed by atoms with van der Waals surface area (Å²) in [6, 6.07) is 19.6. The Hall–Kier alpha value is -3.60. The van der Waals surface area contributed by atoms with E-state index in [9.17, 15) is 9.90 Å². The van der Waals surface area contributed by atoms with Gasteiger partial charge in [0.1, 0.15) is 5.56 Å². The lowest BCUT2D eigenvalue weighted by Gasteiger charge is -2.14. The van der Waals surface area contributed by atoms with E-state index in [-0.39, 0.29) is 5.56 Å². The van der Waals surface area contributed by atoms with Crippen LogP contribution in [0.4, 0.5) is 11.4 Å². The topological polar surface area (TPSA) is 88.2 Å². The number of nitrogen functional groups attached to an aromatic ring is 1. The Labute approximate surface area is 150 Å². The van der Waals surface area contributed by atoms with Crippen molar-refractivity contribution in [3.8, 4) is 0 Å². The van der Waals surface area contributed by atoms with Gasteiger partial charge in [0.25, 0.3) is 0 Å². The maximum atomic E-state index is 11.7. The van der Waals surface area contributed by atoms with Crippen molar-refractivity contribution >= 4 is 39.0 Å². The van der Waals surface area contributed by atoms with Crippen LogP contribution in [0.1, 0.15) is 15.9 Å². The van der Waals surface area contributed by atoms with E-state index in [0.29, 0.717) is 28.8 Å². The number of nitrogens with one attached hydrogen (secondary N) is 1. The molecule has 4 aromatic rings. The average molecular weight is 343 g/mol. The summed E-state index contributed by atoms with van der Waals surface area (Å²) < 4.78 is 0. The van der Waals surface area contributed by atoms with Gasteiger partial charge in [-0.2, -0.15) is 0 Å². The zero-order chi connectivity index (χ0) is 18.1. The van der Waals surface area contributed by atoms with Gasteiger partial charge in [0, 0.05) is 18.1 Å². The second kappa shape index (κ2) is 6.37. The number of nitrogens with two attached hydrogens (primary N) is 1. The number of aromatic nitrogens is 1. The number of aromatic carboxylic acids is 1. The van der Waals surface area contributed by atoms with Gasteiger partial charge in [-0.1, -0.05) is 54.6 Å². The third-order valence-corrected chi connectivity index (χ3v) is 4.49. The van der Waals surface area contributed by atoms with Crippen LogP contribution in [0.25, 0.3) is 21.7 Å². The van der Waals surface area contributed by atoms with Crippen LogP contribution in [0, 0.1) is 0 Å². The monoisotopic (exact) mass is 343 g/mol. The number of benzene rings is 3. The summed E-state index contributed by atoms with van der Waals surface area (Å²) in [6.07, 6.45) is 1.35. The lowest BCUT2D eigenvalue weighted by molar-refractivity contribution is 0.0697. The molecule has 5 heteroatoms. The van der Waals surface area contributed by atoms with E-state index in [1.54, 1.807) is 12.1 Å². The smallest absolute Gasteiger partial charge is 0.339 e. The second-order valence-corrected chi connectivity index (χ2v) is 6.09. The van der Waals surface area contributed by atoms with Gasteiger partial charge in [-0.3, -0.25) is 4.98 Å². The highest BCUT2D eigenvalue weighted by molar-refractivity contribution is 6.06. The molecular formula is C21H17N3O2. The first-order valence-electron chi connectivity index (χ1n) is 8.26. The highest BCUT2D eigenvalue weighted by Crippen LogP contribution is 2.30. The summed E-state index contributed by atoms with van der Waals surface area (Å²) in [6.45, 7) is 0.496. The third kappa shape index (κ3) is 2.69. The number of carbonyl (C=O) groups is 1. The molecule has 1 heterocycles. The number of carboxylic acid groups (broad SMARTS) is 1. The number of carboxylic acids is 1. The maximum Gasteiger partial charge on any atom is 0.339 e. The number of nitrogens with zero attached hydrogens (tertiary/aromatic N) is 1. The van der Waals surface area contributed by atoms with Crippen LogP contribution >= 0.6 is 0 Å². The molecule has 128 valence electrons. The Balaban J connectivity index is 1.80. The molecule has 0 saturated heterocycles. The third-order valence-electron chi connectivity index (χ3n) is 4.49. The van der Waals surface area contributed by atoms with E-state index in [2.05, 4.69) is 28.5 Å². The number of anilines is 2. The van der Waals surface area contributed by atoms with Crippen molar-refractivity contribution in [1.82, 2.24) is 4.98 Å². The summed E-state index contributed by atoms with van der Waals surface area (Å²) in [5.74, 6) is -1.03. The van der Waals surface area contributed by atoms with Crippen molar-refractivity contribution < 1.29 is 9.90 Å². The number of hydrogen-bond donors (Lipinski definition) is 3. The lowest BCUT2D eigenvalue weighted by atomic mass is 10.0.